The van der Waals surface area contributed by atoms with Gasteiger partial charge in [0, 0.05) is 18.5 Å². The summed E-state index contributed by atoms with van der Waals surface area (Å²) in [6.07, 6.45) is 4.14. The first-order valence-electron chi connectivity index (χ1n) is 8.06. The van der Waals surface area contributed by atoms with Crippen molar-refractivity contribution in [2.45, 2.75) is 26.3 Å². The van der Waals surface area contributed by atoms with Crippen LogP contribution in [0.15, 0.2) is 59.4 Å². The first-order chi connectivity index (χ1) is 12.1. The van der Waals surface area contributed by atoms with Crippen molar-refractivity contribution < 1.29 is 9.32 Å². The van der Waals surface area contributed by atoms with E-state index in [4.69, 9.17) is 4.52 Å². The van der Waals surface area contributed by atoms with Crippen molar-refractivity contribution in [2.24, 2.45) is 0 Å². The minimum Gasteiger partial charge on any atom is -0.360 e. The number of amides is 2. The van der Waals surface area contributed by atoms with Crippen LogP contribution in [0, 0.1) is 13.8 Å². The van der Waals surface area contributed by atoms with Crippen LogP contribution in [0.1, 0.15) is 28.5 Å². The van der Waals surface area contributed by atoms with Crippen LogP contribution in [-0.2, 0) is 6.42 Å². The second-order valence-corrected chi connectivity index (χ2v) is 5.95. The zero-order valence-corrected chi connectivity index (χ0v) is 14.2. The van der Waals surface area contributed by atoms with Gasteiger partial charge in [-0.3, -0.25) is 10.3 Å². The quantitative estimate of drug-likeness (QED) is 0.743. The van der Waals surface area contributed by atoms with Crippen LogP contribution in [0.4, 0.5) is 10.6 Å². The van der Waals surface area contributed by atoms with E-state index < -0.39 is 0 Å². The van der Waals surface area contributed by atoms with Gasteiger partial charge in [-0.05, 0) is 37.5 Å². The van der Waals surface area contributed by atoms with Crippen LogP contribution in [0.2, 0.25) is 0 Å². The van der Waals surface area contributed by atoms with Crippen molar-refractivity contribution in [3.05, 3.63) is 77.3 Å². The maximum Gasteiger partial charge on any atom is 0.320 e. The third-order valence-corrected chi connectivity index (χ3v) is 3.82. The van der Waals surface area contributed by atoms with E-state index in [9.17, 15) is 4.79 Å². The average molecular weight is 336 g/mol. The molecule has 3 aromatic rings. The molecule has 0 aliphatic rings. The number of nitrogens with zero attached hydrogens (tertiary/aromatic N) is 2. The molecule has 25 heavy (non-hydrogen) atoms. The molecule has 0 bridgehead atoms. The maximum absolute atomic E-state index is 12.3. The SMILES string of the molecule is Cc1ccc(C[C@@H](NC(=O)Nc2cc(C)on2)c2cccnc2)cc1. The Morgan fingerprint density at radius 3 is 2.64 bits per heavy atom. The summed E-state index contributed by atoms with van der Waals surface area (Å²) in [6.45, 7) is 3.82. The van der Waals surface area contributed by atoms with Gasteiger partial charge in [0.2, 0.25) is 0 Å². The summed E-state index contributed by atoms with van der Waals surface area (Å²) in [7, 11) is 0. The third kappa shape index (κ3) is 4.67. The molecular weight excluding hydrogens is 316 g/mol. The first-order valence-corrected chi connectivity index (χ1v) is 8.06. The standard InChI is InChI=1S/C19H20N4O2/c1-13-5-7-15(8-6-13)11-17(16-4-3-9-20-12-16)21-19(24)22-18-10-14(2)25-23-18/h3-10,12,17H,11H2,1-2H3,(H2,21,22,23,24)/t17-/m1/s1. The van der Waals surface area contributed by atoms with Crippen molar-refractivity contribution in [2.75, 3.05) is 5.32 Å². The van der Waals surface area contributed by atoms with Crippen molar-refractivity contribution in [1.29, 1.82) is 0 Å². The summed E-state index contributed by atoms with van der Waals surface area (Å²) >= 11 is 0. The molecule has 0 radical (unpaired) electrons. The van der Waals surface area contributed by atoms with E-state index in [-0.39, 0.29) is 12.1 Å². The van der Waals surface area contributed by atoms with Crippen molar-refractivity contribution in [3.63, 3.8) is 0 Å². The van der Waals surface area contributed by atoms with Gasteiger partial charge in [0.25, 0.3) is 0 Å². The highest BCUT2D eigenvalue weighted by atomic mass is 16.5. The Bertz CT molecular complexity index is 828. The molecule has 0 unspecified atom stereocenters. The Hall–Kier alpha value is -3.15. The lowest BCUT2D eigenvalue weighted by atomic mass is 9.99. The predicted molar refractivity (Wildman–Crippen MR) is 95.3 cm³/mol. The van der Waals surface area contributed by atoms with Gasteiger partial charge >= 0.3 is 6.03 Å². The number of carbonyl (C=O) groups is 1. The number of aryl methyl sites for hydroxylation is 2. The molecule has 1 atom stereocenters. The highest BCUT2D eigenvalue weighted by Gasteiger charge is 2.16. The lowest BCUT2D eigenvalue weighted by Gasteiger charge is -2.19. The number of benzene rings is 1. The van der Waals surface area contributed by atoms with Crippen LogP contribution in [0.5, 0.6) is 0 Å². The lowest BCUT2D eigenvalue weighted by molar-refractivity contribution is 0.248. The molecule has 128 valence electrons. The van der Waals surface area contributed by atoms with Gasteiger partial charge in [-0.15, -0.1) is 0 Å². The summed E-state index contributed by atoms with van der Waals surface area (Å²) in [6, 6.07) is 13.2. The molecule has 0 aliphatic heterocycles. The van der Waals surface area contributed by atoms with E-state index in [1.807, 2.05) is 19.1 Å². The molecule has 0 saturated carbocycles. The van der Waals surface area contributed by atoms with Crippen LogP contribution in [-0.4, -0.2) is 16.2 Å². The molecule has 2 N–H and O–H groups in total. The Labute approximate surface area is 146 Å². The van der Waals surface area contributed by atoms with Crippen LogP contribution in [0.3, 0.4) is 0 Å². The van der Waals surface area contributed by atoms with Gasteiger partial charge in [-0.2, -0.15) is 0 Å². The molecule has 6 nitrogen and oxygen atoms in total. The molecule has 6 heteroatoms. The Kier molecular flexibility index (Phi) is 5.09. The Morgan fingerprint density at radius 1 is 1.20 bits per heavy atom. The minimum absolute atomic E-state index is 0.204. The molecule has 2 amide bonds. The fourth-order valence-corrected chi connectivity index (χ4v) is 2.53. The fraction of sp³-hybridized carbons (Fsp3) is 0.211. The number of urea groups is 1. The molecule has 2 heterocycles. The minimum atomic E-state index is -0.339. The second kappa shape index (κ2) is 7.61. The van der Waals surface area contributed by atoms with Gasteiger partial charge < -0.3 is 9.84 Å². The molecule has 0 fully saturated rings. The number of carbonyl (C=O) groups excluding carboxylic acids is 1. The van der Waals surface area contributed by atoms with Gasteiger partial charge in [-0.25, -0.2) is 4.79 Å². The van der Waals surface area contributed by atoms with Gasteiger partial charge in [0.1, 0.15) is 5.76 Å². The molecule has 0 aliphatic carbocycles. The monoisotopic (exact) mass is 336 g/mol. The number of anilines is 1. The van der Waals surface area contributed by atoms with Gasteiger partial charge in [0.05, 0.1) is 6.04 Å². The van der Waals surface area contributed by atoms with Crippen molar-refractivity contribution in [1.82, 2.24) is 15.5 Å². The summed E-state index contributed by atoms with van der Waals surface area (Å²) in [4.78, 5) is 16.5. The number of pyridine rings is 1. The smallest absolute Gasteiger partial charge is 0.320 e. The average Bonchev–Trinajstić information content (AvgIpc) is 3.01. The molecule has 2 aromatic heterocycles. The van der Waals surface area contributed by atoms with Crippen molar-refractivity contribution in [3.8, 4) is 0 Å². The Balaban J connectivity index is 1.74. The normalized spacial score (nSPS) is 11.8. The zero-order valence-electron chi connectivity index (χ0n) is 14.2. The zero-order chi connectivity index (χ0) is 17.6. The summed E-state index contributed by atoms with van der Waals surface area (Å²) in [5.74, 6) is 1.02. The number of rotatable bonds is 5. The topological polar surface area (TPSA) is 80.0 Å². The van der Waals surface area contributed by atoms with Crippen LogP contribution >= 0.6 is 0 Å². The number of hydrogen-bond donors (Lipinski definition) is 2. The molecule has 3 rings (SSSR count). The molecule has 0 saturated heterocycles. The van der Waals surface area contributed by atoms with E-state index in [2.05, 4.69) is 45.0 Å². The molecular formula is C19H20N4O2. The molecule has 1 aromatic carbocycles. The van der Waals surface area contributed by atoms with E-state index in [0.717, 1.165) is 11.1 Å². The van der Waals surface area contributed by atoms with E-state index in [0.29, 0.717) is 18.0 Å². The summed E-state index contributed by atoms with van der Waals surface area (Å²) in [5, 5.41) is 9.44. The summed E-state index contributed by atoms with van der Waals surface area (Å²) in [5.41, 5.74) is 3.28. The van der Waals surface area contributed by atoms with Gasteiger partial charge in [-0.1, -0.05) is 41.1 Å². The van der Waals surface area contributed by atoms with Crippen molar-refractivity contribution >= 4 is 11.8 Å². The fourth-order valence-electron chi connectivity index (χ4n) is 2.53. The maximum atomic E-state index is 12.3. The van der Waals surface area contributed by atoms with E-state index in [1.54, 1.807) is 25.4 Å². The predicted octanol–water partition coefficient (Wildman–Crippen LogP) is 3.79. The molecule has 0 spiro atoms. The van der Waals surface area contributed by atoms with Gasteiger partial charge in [0.15, 0.2) is 5.82 Å². The number of hydrogen-bond acceptors (Lipinski definition) is 4. The van der Waals surface area contributed by atoms with E-state index in [1.165, 1.54) is 5.56 Å². The highest BCUT2D eigenvalue weighted by Crippen LogP contribution is 2.18. The third-order valence-electron chi connectivity index (χ3n) is 3.82. The first kappa shape index (κ1) is 16.7. The van der Waals surface area contributed by atoms with E-state index >= 15 is 0 Å². The highest BCUT2D eigenvalue weighted by molar-refractivity contribution is 5.88. The van der Waals surface area contributed by atoms with Crippen LogP contribution < -0.4 is 10.6 Å². The summed E-state index contributed by atoms with van der Waals surface area (Å²) < 4.78 is 4.96. The van der Waals surface area contributed by atoms with Crippen LogP contribution in [0.25, 0.3) is 0 Å². The number of aromatic nitrogens is 2. The Morgan fingerprint density at radius 2 is 2.00 bits per heavy atom. The second-order valence-electron chi connectivity index (χ2n) is 5.95. The largest absolute Gasteiger partial charge is 0.360 e. The number of nitrogens with one attached hydrogen (secondary N) is 2. The lowest BCUT2D eigenvalue weighted by Crippen LogP contribution is -2.33.